The molecule has 0 radical (unpaired) electrons. The third-order valence-electron chi connectivity index (χ3n) is 4.55. The van der Waals surface area contributed by atoms with Gasteiger partial charge in [0, 0.05) is 11.6 Å². The first-order valence-corrected chi connectivity index (χ1v) is 9.08. The molecule has 0 aliphatic carbocycles. The van der Waals surface area contributed by atoms with E-state index in [0.29, 0.717) is 17.3 Å². The van der Waals surface area contributed by atoms with Crippen LogP contribution in [0, 0.1) is 10.1 Å². The van der Waals surface area contributed by atoms with Crippen molar-refractivity contribution in [2.24, 2.45) is 5.10 Å². The summed E-state index contributed by atoms with van der Waals surface area (Å²) in [5.74, 6) is 1.67. The fourth-order valence-corrected chi connectivity index (χ4v) is 3.03. The number of amidine groups is 1. The third kappa shape index (κ3) is 3.55. The van der Waals surface area contributed by atoms with E-state index >= 15 is 0 Å². The number of hydrogen-bond donors (Lipinski definition) is 1. The minimum absolute atomic E-state index is 0.0602. The van der Waals surface area contributed by atoms with Gasteiger partial charge in [0.15, 0.2) is 11.6 Å². The van der Waals surface area contributed by atoms with Crippen LogP contribution in [0.5, 0.6) is 11.5 Å². The number of nitrogens with zero attached hydrogens (tertiary/aromatic N) is 4. The molecule has 30 heavy (non-hydrogen) atoms. The van der Waals surface area contributed by atoms with Gasteiger partial charge in [-0.25, -0.2) is 0 Å². The molecule has 3 aromatic carbocycles. The molecule has 0 aromatic heterocycles. The van der Waals surface area contributed by atoms with Crippen molar-refractivity contribution in [3.8, 4) is 11.5 Å². The van der Waals surface area contributed by atoms with E-state index in [-0.39, 0.29) is 5.69 Å². The number of ether oxygens (including phenoxy) is 2. The number of benzene rings is 3. The van der Waals surface area contributed by atoms with Crippen LogP contribution in [0.1, 0.15) is 5.56 Å². The number of nitrogens with one attached hydrogen (secondary N) is 1. The van der Waals surface area contributed by atoms with Crippen molar-refractivity contribution in [1.82, 2.24) is 5.43 Å². The zero-order chi connectivity index (χ0) is 21.1. The Labute approximate surface area is 172 Å². The molecule has 1 N–H and O–H groups in total. The quantitative estimate of drug-likeness (QED) is 0.493. The molecule has 0 bridgehead atoms. The molecule has 0 saturated carbocycles. The smallest absolute Gasteiger partial charge is 0.273 e. The number of nitro groups is 1. The average molecular weight is 405 g/mol. The van der Waals surface area contributed by atoms with Crippen LogP contribution in [-0.4, -0.2) is 25.0 Å². The molecule has 9 nitrogen and oxygen atoms in total. The zero-order valence-corrected chi connectivity index (χ0v) is 16.4. The monoisotopic (exact) mass is 405 g/mol. The standard InChI is InChI=1S/C21H19N5O4/c1-29-18-11-8-16(9-12-18)24-22-21(15-6-4-3-5-7-15)23-25(24)19-13-10-17(26(27)28)14-20(19)30-2/h3-14H,1-2H3,(H,22,23). The van der Waals surface area contributed by atoms with E-state index in [1.165, 1.54) is 19.2 Å². The lowest BCUT2D eigenvalue weighted by Crippen LogP contribution is -2.44. The molecule has 0 saturated heterocycles. The number of anilines is 2. The summed E-state index contributed by atoms with van der Waals surface area (Å²) >= 11 is 0. The summed E-state index contributed by atoms with van der Waals surface area (Å²) < 4.78 is 10.7. The normalized spacial score (nSPS) is 12.9. The predicted molar refractivity (Wildman–Crippen MR) is 114 cm³/mol. The Morgan fingerprint density at radius 2 is 1.70 bits per heavy atom. The summed E-state index contributed by atoms with van der Waals surface area (Å²) in [5.41, 5.74) is 5.40. The van der Waals surface area contributed by atoms with E-state index in [1.807, 2.05) is 54.6 Å². The summed E-state index contributed by atoms with van der Waals surface area (Å²) in [5, 5.41) is 19.2. The topological polar surface area (TPSA) is 92.5 Å². The number of hydrogen-bond acceptors (Lipinski definition) is 8. The molecule has 9 heteroatoms. The second kappa shape index (κ2) is 8.00. The van der Waals surface area contributed by atoms with Crippen LogP contribution in [0.15, 0.2) is 77.9 Å². The molecule has 152 valence electrons. The molecular formula is C21H19N5O4. The second-order valence-electron chi connectivity index (χ2n) is 6.34. The molecule has 1 heterocycles. The summed E-state index contributed by atoms with van der Waals surface area (Å²) in [6.07, 6.45) is 0. The minimum Gasteiger partial charge on any atom is -0.497 e. The van der Waals surface area contributed by atoms with Crippen LogP contribution < -0.4 is 25.1 Å². The predicted octanol–water partition coefficient (Wildman–Crippen LogP) is 3.72. The number of methoxy groups -OCH3 is 2. The van der Waals surface area contributed by atoms with Gasteiger partial charge in [-0.2, -0.15) is 10.2 Å². The van der Waals surface area contributed by atoms with E-state index in [1.54, 1.807) is 23.4 Å². The number of hydrazone groups is 1. The van der Waals surface area contributed by atoms with Gasteiger partial charge in [0.1, 0.15) is 11.4 Å². The Bertz CT molecular complexity index is 1090. The van der Waals surface area contributed by atoms with E-state index in [0.717, 1.165) is 17.0 Å². The Morgan fingerprint density at radius 3 is 2.33 bits per heavy atom. The molecule has 0 amide bonds. The fourth-order valence-electron chi connectivity index (χ4n) is 3.03. The van der Waals surface area contributed by atoms with Crippen LogP contribution in [0.4, 0.5) is 17.1 Å². The highest BCUT2D eigenvalue weighted by atomic mass is 16.6. The number of nitro benzene ring substituents is 1. The van der Waals surface area contributed by atoms with Crippen molar-refractivity contribution in [3.05, 3.63) is 88.5 Å². The number of non-ortho nitro benzene ring substituents is 1. The number of hydrazine groups is 2. The largest absolute Gasteiger partial charge is 0.497 e. The Balaban J connectivity index is 1.78. The maximum absolute atomic E-state index is 11.2. The maximum Gasteiger partial charge on any atom is 0.273 e. The Morgan fingerprint density at radius 1 is 0.967 bits per heavy atom. The molecule has 4 rings (SSSR count). The van der Waals surface area contributed by atoms with Gasteiger partial charge >= 0.3 is 0 Å². The average Bonchev–Trinajstić information content (AvgIpc) is 3.24. The van der Waals surface area contributed by atoms with Gasteiger partial charge in [0.2, 0.25) is 0 Å². The van der Waals surface area contributed by atoms with Crippen molar-refractivity contribution < 1.29 is 14.4 Å². The first kappa shape index (κ1) is 19.1. The molecule has 0 spiro atoms. The van der Waals surface area contributed by atoms with Gasteiger partial charge in [-0.3, -0.25) is 15.5 Å². The van der Waals surface area contributed by atoms with Gasteiger partial charge in [-0.05, 0) is 30.3 Å². The molecular weight excluding hydrogens is 386 g/mol. The van der Waals surface area contributed by atoms with Crippen LogP contribution in [-0.2, 0) is 0 Å². The highest BCUT2D eigenvalue weighted by Gasteiger charge is 2.29. The molecule has 3 aromatic rings. The van der Waals surface area contributed by atoms with Crippen molar-refractivity contribution in [2.75, 3.05) is 24.5 Å². The van der Waals surface area contributed by atoms with Crippen molar-refractivity contribution in [3.63, 3.8) is 0 Å². The van der Waals surface area contributed by atoms with Crippen LogP contribution >= 0.6 is 0 Å². The highest BCUT2D eigenvalue weighted by Crippen LogP contribution is 2.35. The molecule has 0 atom stereocenters. The van der Waals surface area contributed by atoms with Crippen LogP contribution in [0.25, 0.3) is 0 Å². The van der Waals surface area contributed by atoms with Crippen molar-refractivity contribution >= 4 is 22.9 Å². The third-order valence-corrected chi connectivity index (χ3v) is 4.55. The Kier molecular flexibility index (Phi) is 5.08. The van der Waals surface area contributed by atoms with E-state index in [2.05, 4.69) is 5.43 Å². The first-order valence-electron chi connectivity index (χ1n) is 9.08. The van der Waals surface area contributed by atoms with Crippen molar-refractivity contribution in [2.45, 2.75) is 0 Å². The maximum atomic E-state index is 11.2. The molecule has 0 unspecified atom stereocenters. The van der Waals surface area contributed by atoms with Crippen LogP contribution in [0.2, 0.25) is 0 Å². The molecule has 0 fully saturated rings. The van der Waals surface area contributed by atoms with Gasteiger partial charge in [0.05, 0.1) is 30.9 Å². The van der Waals surface area contributed by atoms with Gasteiger partial charge < -0.3 is 9.47 Å². The summed E-state index contributed by atoms with van der Waals surface area (Å²) in [4.78, 5) is 10.7. The van der Waals surface area contributed by atoms with Gasteiger partial charge in [0.25, 0.3) is 5.69 Å². The highest BCUT2D eigenvalue weighted by molar-refractivity contribution is 6.02. The molecule has 1 aliphatic rings. The first-order chi connectivity index (χ1) is 14.6. The fraction of sp³-hybridized carbons (Fsp3) is 0.0952. The van der Waals surface area contributed by atoms with E-state index in [9.17, 15) is 10.1 Å². The second-order valence-corrected chi connectivity index (χ2v) is 6.34. The van der Waals surface area contributed by atoms with Crippen LogP contribution in [0.3, 0.4) is 0 Å². The zero-order valence-electron chi connectivity index (χ0n) is 16.4. The lowest BCUT2D eigenvalue weighted by molar-refractivity contribution is -0.384. The minimum atomic E-state index is -0.461. The van der Waals surface area contributed by atoms with E-state index in [4.69, 9.17) is 14.6 Å². The summed E-state index contributed by atoms with van der Waals surface area (Å²) in [6.45, 7) is 0. The van der Waals surface area contributed by atoms with Gasteiger partial charge in [-0.15, -0.1) is 5.10 Å². The van der Waals surface area contributed by atoms with Gasteiger partial charge in [-0.1, -0.05) is 30.3 Å². The van der Waals surface area contributed by atoms with E-state index < -0.39 is 4.92 Å². The SMILES string of the molecule is COc1ccc(N2N=C(c3ccccc3)NN2c2ccc([N+](=O)[O-])cc2OC)cc1. The summed E-state index contributed by atoms with van der Waals surface area (Å²) in [6, 6.07) is 21.5. The Hall–Kier alpha value is -4.27. The summed E-state index contributed by atoms with van der Waals surface area (Å²) in [7, 11) is 3.07. The number of rotatable bonds is 6. The lowest BCUT2D eigenvalue weighted by Gasteiger charge is -2.29. The van der Waals surface area contributed by atoms with Crippen molar-refractivity contribution in [1.29, 1.82) is 0 Å². The molecule has 1 aliphatic heterocycles. The lowest BCUT2D eigenvalue weighted by atomic mass is 10.2.